The number of benzene rings is 2. The van der Waals surface area contributed by atoms with Crippen LogP contribution in [-0.2, 0) is 14.9 Å². The maximum absolute atomic E-state index is 13.5. The fourth-order valence-corrected chi connectivity index (χ4v) is 4.56. The fraction of sp³-hybridized carbons (Fsp3) is 0.304. The van der Waals surface area contributed by atoms with Gasteiger partial charge in [0.15, 0.2) is 0 Å². The summed E-state index contributed by atoms with van der Waals surface area (Å²) in [5.74, 6) is -0.0194. The van der Waals surface area contributed by atoms with E-state index in [-0.39, 0.29) is 24.5 Å². The molecule has 0 unspecified atom stereocenters. The maximum Gasteiger partial charge on any atom is 0.417 e. The molecule has 0 aromatic heterocycles. The third-order valence-corrected chi connectivity index (χ3v) is 5.88. The van der Waals surface area contributed by atoms with Gasteiger partial charge >= 0.3 is 6.09 Å². The molecule has 2 aromatic rings. The van der Waals surface area contributed by atoms with Gasteiger partial charge < -0.3 is 4.74 Å². The Bertz CT molecular complexity index is 917. The van der Waals surface area contributed by atoms with Crippen molar-refractivity contribution >= 4 is 12.0 Å². The lowest BCUT2D eigenvalue weighted by molar-refractivity contribution is -0.125. The summed E-state index contributed by atoms with van der Waals surface area (Å²) < 4.78 is 5.24. The van der Waals surface area contributed by atoms with Gasteiger partial charge in [0.2, 0.25) is 0 Å². The number of carbonyl (C=O) groups excluding carboxylic acids is 2. The van der Waals surface area contributed by atoms with Crippen LogP contribution in [0.25, 0.3) is 0 Å². The number of imide groups is 1. The summed E-state index contributed by atoms with van der Waals surface area (Å²) in [6, 6.07) is 19.3. The summed E-state index contributed by atoms with van der Waals surface area (Å²) in [5, 5.41) is 0. The van der Waals surface area contributed by atoms with Gasteiger partial charge in [0.05, 0.1) is 0 Å². The molecule has 0 saturated carbocycles. The molecule has 1 heterocycles. The highest BCUT2D eigenvalue weighted by Gasteiger charge is 2.59. The molecular formula is C23H23NO3. The average Bonchev–Trinajstić information content (AvgIpc) is 3.14. The lowest BCUT2D eigenvalue weighted by Crippen LogP contribution is -2.36. The molecule has 2 aliphatic rings. The average molecular weight is 361 g/mol. The van der Waals surface area contributed by atoms with Crippen LogP contribution in [-0.4, -0.2) is 23.5 Å². The number of hydrogen-bond acceptors (Lipinski definition) is 3. The minimum absolute atomic E-state index is 0.195. The molecule has 4 nitrogen and oxygen atoms in total. The third-order valence-electron chi connectivity index (χ3n) is 5.88. The Balaban J connectivity index is 1.71. The van der Waals surface area contributed by atoms with Gasteiger partial charge in [0.25, 0.3) is 5.91 Å². The molecule has 2 atom stereocenters. The zero-order valence-electron chi connectivity index (χ0n) is 15.8. The lowest BCUT2D eigenvalue weighted by atomic mass is 9.78. The molecule has 2 amide bonds. The van der Waals surface area contributed by atoms with Crippen molar-refractivity contribution in [2.24, 2.45) is 5.92 Å². The molecule has 27 heavy (non-hydrogen) atoms. The van der Waals surface area contributed by atoms with Crippen LogP contribution in [0.5, 0.6) is 0 Å². The highest BCUT2D eigenvalue weighted by molar-refractivity contribution is 6.10. The smallest absolute Gasteiger partial charge is 0.417 e. The minimum Gasteiger partial charge on any atom is -0.446 e. The van der Waals surface area contributed by atoms with Crippen LogP contribution in [0.4, 0.5) is 4.79 Å². The van der Waals surface area contributed by atoms with E-state index in [1.54, 1.807) is 0 Å². The minimum atomic E-state index is -0.563. The summed E-state index contributed by atoms with van der Waals surface area (Å²) in [4.78, 5) is 27.2. The van der Waals surface area contributed by atoms with Gasteiger partial charge in [-0.1, -0.05) is 74.5 Å². The van der Waals surface area contributed by atoms with Crippen molar-refractivity contribution in [3.05, 3.63) is 82.9 Å². The van der Waals surface area contributed by atoms with Gasteiger partial charge in [-0.3, -0.25) is 4.79 Å². The first-order chi connectivity index (χ1) is 13.0. The summed E-state index contributed by atoms with van der Waals surface area (Å²) in [6.45, 7) is 6.43. The summed E-state index contributed by atoms with van der Waals surface area (Å²) in [6.07, 6.45) is -0.563. The summed E-state index contributed by atoms with van der Waals surface area (Å²) in [5.41, 5.74) is 3.38. The second-order valence-electron chi connectivity index (χ2n) is 7.51. The molecule has 138 valence electrons. The second-order valence-corrected chi connectivity index (χ2v) is 7.51. The van der Waals surface area contributed by atoms with Crippen molar-refractivity contribution in [2.75, 3.05) is 6.61 Å². The fourth-order valence-electron chi connectivity index (χ4n) is 4.56. The normalized spacial score (nSPS) is 24.4. The predicted octanol–water partition coefficient (Wildman–Crippen LogP) is 4.63. The third kappa shape index (κ3) is 2.51. The van der Waals surface area contributed by atoms with E-state index in [1.807, 2.05) is 55.5 Å². The number of allylic oxidation sites excluding steroid dienone is 1. The van der Waals surface area contributed by atoms with Crippen LogP contribution >= 0.6 is 0 Å². The monoisotopic (exact) mass is 361 g/mol. The van der Waals surface area contributed by atoms with Gasteiger partial charge in [-0.25, -0.2) is 9.69 Å². The molecule has 1 fully saturated rings. The van der Waals surface area contributed by atoms with Crippen molar-refractivity contribution in [3.8, 4) is 0 Å². The van der Waals surface area contributed by atoms with Crippen LogP contribution < -0.4 is 0 Å². The first kappa shape index (κ1) is 17.5. The number of carbonyl (C=O) groups is 2. The Kier molecular flexibility index (Phi) is 4.14. The van der Waals surface area contributed by atoms with Gasteiger partial charge in [-0.05, 0) is 29.5 Å². The van der Waals surface area contributed by atoms with E-state index in [4.69, 9.17) is 4.74 Å². The zero-order valence-corrected chi connectivity index (χ0v) is 15.8. The standard InChI is InChI=1S/C23H23NO3/c1-15(2)23(18-12-8-5-9-13-18)16(3)20(23)21(25)24-19(14-27-22(24)26)17-10-6-4-7-11-17/h4-13,15,19H,14H2,1-3H3/t19-,23-/m0/s1. The van der Waals surface area contributed by atoms with E-state index in [0.29, 0.717) is 0 Å². The van der Waals surface area contributed by atoms with E-state index in [9.17, 15) is 9.59 Å². The van der Waals surface area contributed by atoms with Crippen LogP contribution in [0, 0.1) is 5.92 Å². The molecule has 0 radical (unpaired) electrons. The van der Waals surface area contributed by atoms with Crippen LogP contribution in [0.3, 0.4) is 0 Å². The van der Waals surface area contributed by atoms with Crippen molar-refractivity contribution in [2.45, 2.75) is 32.2 Å². The Morgan fingerprint density at radius 3 is 2.26 bits per heavy atom. The van der Waals surface area contributed by atoms with E-state index >= 15 is 0 Å². The number of ether oxygens (including phenoxy) is 1. The van der Waals surface area contributed by atoms with Crippen LogP contribution in [0.15, 0.2) is 71.8 Å². The Morgan fingerprint density at radius 1 is 1.07 bits per heavy atom. The van der Waals surface area contributed by atoms with Crippen LogP contribution in [0.1, 0.15) is 37.9 Å². The van der Waals surface area contributed by atoms with E-state index < -0.39 is 11.5 Å². The highest BCUT2D eigenvalue weighted by atomic mass is 16.6. The summed E-state index contributed by atoms with van der Waals surface area (Å²) in [7, 11) is 0. The Hall–Kier alpha value is -2.88. The van der Waals surface area contributed by atoms with Crippen molar-refractivity contribution in [3.63, 3.8) is 0 Å². The zero-order chi connectivity index (χ0) is 19.2. The molecule has 4 rings (SSSR count). The van der Waals surface area contributed by atoms with E-state index in [0.717, 1.165) is 22.3 Å². The number of amides is 2. The molecule has 2 aromatic carbocycles. The SMILES string of the molecule is CC1=C(C(=O)N2C(=O)OC[C@H]2c2ccccc2)[C@@]1(c1ccccc1)C(C)C. The maximum atomic E-state index is 13.5. The molecule has 0 bridgehead atoms. The molecule has 0 N–H and O–H groups in total. The van der Waals surface area contributed by atoms with Crippen LogP contribution in [0.2, 0.25) is 0 Å². The van der Waals surface area contributed by atoms with Gasteiger partial charge in [0.1, 0.15) is 12.6 Å². The van der Waals surface area contributed by atoms with E-state index in [1.165, 1.54) is 4.90 Å². The van der Waals surface area contributed by atoms with Crippen molar-refractivity contribution in [1.82, 2.24) is 4.90 Å². The quantitative estimate of drug-likeness (QED) is 0.798. The first-order valence-corrected chi connectivity index (χ1v) is 9.32. The number of nitrogens with zero attached hydrogens (tertiary/aromatic N) is 1. The Labute approximate surface area is 159 Å². The molecule has 0 spiro atoms. The number of cyclic esters (lactones) is 1. The Morgan fingerprint density at radius 2 is 1.67 bits per heavy atom. The first-order valence-electron chi connectivity index (χ1n) is 9.32. The van der Waals surface area contributed by atoms with Gasteiger partial charge in [0, 0.05) is 11.0 Å². The topological polar surface area (TPSA) is 46.6 Å². The molecule has 1 aliphatic heterocycles. The van der Waals surface area contributed by atoms with Crippen molar-refractivity contribution in [1.29, 1.82) is 0 Å². The van der Waals surface area contributed by atoms with Gasteiger partial charge in [-0.2, -0.15) is 0 Å². The molecule has 4 heteroatoms. The summed E-state index contributed by atoms with van der Waals surface area (Å²) >= 11 is 0. The molecule has 1 aliphatic carbocycles. The lowest BCUT2D eigenvalue weighted by Gasteiger charge is -2.27. The predicted molar refractivity (Wildman–Crippen MR) is 103 cm³/mol. The molecular weight excluding hydrogens is 338 g/mol. The number of hydrogen-bond donors (Lipinski definition) is 0. The highest BCUT2D eigenvalue weighted by Crippen LogP contribution is 2.60. The largest absolute Gasteiger partial charge is 0.446 e. The second kappa shape index (κ2) is 6.38. The van der Waals surface area contributed by atoms with Gasteiger partial charge in [-0.15, -0.1) is 0 Å². The molecule has 1 saturated heterocycles. The van der Waals surface area contributed by atoms with E-state index in [2.05, 4.69) is 26.0 Å². The van der Waals surface area contributed by atoms with Crippen molar-refractivity contribution < 1.29 is 14.3 Å². The number of rotatable bonds is 4.